The molecule has 0 saturated carbocycles. The molecule has 4 aliphatic heterocycles. The largest absolute Gasteiger partial charge is 0.573 e. The number of ether oxygens (including phenoxy) is 9. The van der Waals surface area contributed by atoms with Crippen molar-refractivity contribution in [3.8, 4) is 5.75 Å². The maximum atomic E-state index is 13.6. The molecule has 0 fully saturated rings. The van der Waals surface area contributed by atoms with Crippen LogP contribution in [0.1, 0.15) is 243 Å². The molecule has 0 saturated heterocycles. The highest BCUT2D eigenvalue weighted by Gasteiger charge is 2.46. The Labute approximate surface area is 700 Å². The van der Waals surface area contributed by atoms with Gasteiger partial charge in [-0.05, 0) is 223 Å². The summed E-state index contributed by atoms with van der Waals surface area (Å²) in [4.78, 5) is 108. The van der Waals surface area contributed by atoms with E-state index in [0.29, 0.717) is 87.6 Å². The van der Waals surface area contributed by atoms with Crippen LogP contribution in [0.15, 0.2) is 193 Å². The van der Waals surface area contributed by atoms with Gasteiger partial charge in [0.25, 0.3) is 0 Å². The number of allylic oxidation sites excluding steroid dienone is 8. The summed E-state index contributed by atoms with van der Waals surface area (Å²) in [5.41, 5.74) is 8.91. The molecule has 0 bridgehead atoms. The number of carbonyl (C=O) groups excluding carboxylic acids is 8. The van der Waals surface area contributed by atoms with Crippen LogP contribution in [0.3, 0.4) is 0 Å². The Hall–Kier alpha value is -10.9. The molecule has 4 heterocycles. The van der Waals surface area contributed by atoms with Gasteiger partial charge in [0.1, 0.15) is 11.6 Å². The van der Waals surface area contributed by atoms with Gasteiger partial charge >= 0.3 is 60.3 Å². The van der Waals surface area contributed by atoms with Gasteiger partial charge in [-0.2, -0.15) is 13.2 Å². The van der Waals surface area contributed by atoms with Crippen LogP contribution in [0, 0.1) is 5.82 Å². The van der Waals surface area contributed by atoms with Crippen LogP contribution in [-0.2, 0) is 82.4 Å². The van der Waals surface area contributed by atoms with Gasteiger partial charge < -0.3 is 63.1 Å². The number of hydrogen-bond acceptors (Lipinski definition) is 21. The average molecular weight is 1680 g/mol. The van der Waals surface area contributed by atoms with Crippen LogP contribution in [0.4, 0.5) is 30.7 Å². The lowest BCUT2D eigenvalue weighted by molar-refractivity contribution is -0.274. The lowest BCUT2D eigenvalue weighted by Gasteiger charge is -2.40. The van der Waals surface area contributed by atoms with E-state index in [2.05, 4.69) is 15.4 Å². The molecule has 8 rings (SSSR count). The molecule has 4 unspecified atom stereocenters. The summed E-state index contributed by atoms with van der Waals surface area (Å²) >= 11 is 0. The molecular formula is C92H117F7N4O17. The fourth-order valence-electron chi connectivity index (χ4n) is 14.4. The van der Waals surface area contributed by atoms with Crippen LogP contribution in [0.25, 0.3) is 0 Å². The first kappa shape index (κ1) is 99.6. The van der Waals surface area contributed by atoms with E-state index >= 15 is 0 Å². The predicted molar refractivity (Wildman–Crippen MR) is 440 cm³/mol. The Morgan fingerprint density at radius 3 is 0.850 bits per heavy atom. The Bertz CT molecular complexity index is 4560. The second-order valence-corrected chi connectivity index (χ2v) is 30.6. The molecule has 4 atom stereocenters. The molecule has 28 heteroatoms. The summed E-state index contributed by atoms with van der Waals surface area (Å²) in [6.07, 6.45) is -8.08. The highest BCUT2D eigenvalue weighted by Crippen LogP contribution is 2.48. The third-order valence-electron chi connectivity index (χ3n) is 18.9. The van der Waals surface area contributed by atoms with Gasteiger partial charge in [0.15, 0.2) is 0 Å². The van der Waals surface area contributed by atoms with Gasteiger partial charge in [-0.15, -0.1) is 13.2 Å². The Balaban J connectivity index is 0.000000285. The normalized spacial score (nSPS) is 17.1. The first-order chi connectivity index (χ1) is 56.2. The lowest BCUT2D eigenvalue weighted by atomic mass is 9.79. The molecule has 4 aromatic rings. The van der Waals surface area contributed by atoms with E-state index in [-0.39, 0.29) is 78.2 Å². The second-order valence-electron chi connectivity index (χ2n) is 30.6. The van der Waals surface area contributed by atoms with E-state index in [9.17, 15) is 69.1 Å². The number of nitrogens with zero attached hydrogens (tertiary/aromatic N) is 2. The summed E-state index contributed by atoms with van der Waals surface area (Å²) in [5.74, 6) is -8.08. The monoisotopic (exact) mass is 1680 g/mol. The summed E-state index contributed by atoms with van der Waals surface area (Å²) < 4.78 is 137. The predicted octanol–water partition coefficient (Wildman–Crippen LogP) is 19.6. The number of carbonyl (C=O) groups is 8. The minimum absolute atomic E-state index is 0.00925. The fourth-order valence-corrected chi connectivity index (χ4v) is 14.4. The number of alkyl halides is 6. The molecule has 21 nitrogen and oxygen atoms in total. The highest BCUT2D eigenvalue weighted by atomic mass is 19.4. The standard InChI is InChI=1S/C24H32FNO4.C24H33NO4.C22H26F3NO5.C22H26F3NO4/c1-8-13-29-23(27)20-16(6)26(14(2)3)17(7)21(24(28)30-15(4)5)22(20)18-9-11-19(25)12-10-18;1-8-14-28-23(26)20-17(6)25(15(2)3)18(7)21(24(27)29-16(4)5)22(20)19-12-10-9-11-13-19;1-6-11-29-20(27)17-13(4)26-14(5)18(21(28)30-12(2)3)19(17)15-7-9-16(10-8-15)31-22(23,24)25;1-6-11-29-20(27)17-13(4)26-14(5)18(21(28)30-12(2)3)19(17)15-7-9-16(10-8-15)22(23,24)25/h9-12,14-15,22H,8,13H2,1-7H3;9-13,15-16,22H,8,14H2,1-7H3;7-10,12,19,26H,6,11H2,1-5H3;7-10,12,19,26H,6,11H2,1-5H3. The van der Waals surface area contributed by atoms with Crippen molar-refractivity contribution in [1.29, 1.82) is 0 Å². The van der Waals surface area contributed by atoms with Crippen LogP contribution in [0.2, 0.25) is 0 Å². The number of benzene rings is 4. The minimum atomic E-state index is -4.83. The molecule has 0 aliphatic carbocycles. The van der Waals surface area contributed by atoms with E-state index in [1.54, 1.807) is 81.4 Å². The maximum absolute atomic E-state index is 13.6. The van der Waals surface area contributed by atoms with Gasteiger partial charge in [-0.1, -0.05) is 94.4 Å². The molecule has 4 aromatic carbocycles. The van der Waals surface area contributed by atoms with Crippen LogP contribution in [-0.4, -0.2) is 127 Å². The van der Waals surface area contributed by atoms with Gasteiger partial charge in [0.2, 0.25) is 0 Å². The maximum Gasteiger partial charge on any atom is 0.573 e. The fraction of sp³-hybridized carbons (Fsp3) is 0.478. The molecule has 4 aliphatic rings. The van der Waals surface area contributed by atoms with E-state index < -0.39 is 102 Å². The molecule has 0 aromatic heterocycles. The first-order valence-electron chi connectivity index (χ1n) is 40.4. The molecule has 120 heavy (non-hydrogen) atoms. The third kappa shape index (κ3) is 26.3. The Kier molecular flexibility index (Phi) is 37.3. The van der Waals surface area contributed by atoms with Crippen molar-refractivity contribution >= 4 is 47.8 Å². The van der Waals surface area contributed by atoms with Gasteiger partial charge in [-0.3, -0.25) is 0 Å². The van der Waals surface area contributed by atoms with Gasteiger partial charge in [-0.25, -0.2) is 42.7 Å². The van der Waals surface area contributed by atoms with Crippen molar-refractivity contribution in [2.24, 2.45) is 0 Å². The zero-order chi connectivity index (χ0) is 90.3. The number of halogens is 7. The quantitative estimate of drug-likeness (QED) is 0.0320. The van der Waals surface area contributed by atoms with Crippen molar-refractivity contribution in [1.82, 2.24) is 20.4 Å². The van der Waals surface area contributed by atoms with E-state index in [1.807, 2.05) is 137 Å². The molecule has 0 radical (unpaired) electrons. The Morgan fingerprint density at radius 1 is 0.342 bits per heavy atom. The molecule has 656 valence electrons. The molecule has 2 N–H and O–H groups in total. The van der Waals surface area contributed by atoms with Crippen LogP contribution >= 0.6 is 0 Å². The van der Waals surface area contributed by atoms with Crippen molar-refractivity contribution in [3.63, 3.8) is 0 Å². The summed E-state index contributed by atoms with van der Waals surface area (Å²) in [6.45, 7) is 44.8. The topological polar surface area (TPSA) is 250 Å². The third-order valence-corrected chi connectivity index (χ3v) is 18.9. The van der Waals surface area contributed by atoms with Gasteiger partial charge in [0, 0.05) is 57.7 Å². The zero-order valence-corrected chi connectivity index (χ0v) is 73.2. The number of hydrogen-bond donors (Lipinski definition) is 2. The average Bonchev–Trinajstić information content (AvgIpc) is 0.735. The van der Waals surface area contributed by atoms with Crippen molar-refractivity contribution in [2.45, 2.75) is 265 Å². The van der Waals surface area contributed by atoms with Crippen molar-refractivity contribution < 1.29 is 112 Å². The number of esters is 8. The highest BCUT2D eigenvalue weighted by molar-refractivity contribution is 6.03. The van der Waals surface area contributed by atoms with E-state index in [1.165, 1.54) is 36.4 Å². The minimum Gasteiger partial charge on any atom is -0.462 e. The number of nitrogens with one attached hydrogen (secondary N) is 2. The van der Waals surface area contributed by atoms with Gasteiger partial charge in [0.05, 0.1) is 125 Å². The van der Waals surface area contributed by atoms with Crippen molar-refractivity contribution in [3.05, 3.63) is 227 Å². The second kappa shape index (κ2) is 44.9. The Morgan fingerprint density at radius 2 is 0.583 bits per heavy atom. The van der Waals surface area contributed by atoms with Crippen LogP contribution in [0.5, 0.6) is 5.75 Å². The lowest BCUT2D eigenvalue weighted by Crippen LogP contribution is -2.38. The van der Waals surface area contributed by atoms with E-state index in [0.717, 1.165) is 59.0 Å². The number of rotatable bonds is 27. The number of dihydropyridines is 2. The summed E-state index contributed by atoms with van der Waals surface area (Å²) in [5, 5.41) is 6.02. The van der Waals surface area contributed by atoms with Crippen molar-refractivity contribution in [2.75, 3.05) is 26.4 Å². The molecule has 0 spiro atoms. The molecule has 0 amide bonds. The smallest absolute Gasteiger partial charge is 0.462 e. The SMILES string of the molecule is CCCOC(=O)C1=C(C)N(C(C)C)C(C)=C(C(=O)OC(C)C)C1c1ccc(F)cc1.CCCOC(=O)C1=C(C)N(C(C)C)C(C)=C(C(=O)OC(C)C)C1c1ccccc1.CCCOC(=O)C1=C(C)NC(C)=C(C(=O)OC(C)C)C1c1ccc(C(F)(F)F)cc1.CCCOC(=O)C1=C(C)NC(C)=C(C(=O)OC(C)C)C1c1ccc(OC(F)(F)F)cc1. The molecular weight excluding hydrogens is 1570 g/mol. The summed E-state index contributed by atoms with van der Waals surface area (Å²) in [7, 11) is 0. The zero-order valence-electron chi connectivity index (χ0n) is 73.2. The summed E-state index contributed by atoms with van der Waals surface area (Å²) in [6, 6.07) is 25.0. The van der Waals surface area contributed by atoms with Crippen LogP contribution < -0.4 is 15.4 Å². The van der Waals surface area contributed by atoms with E-state index in [4.69, 9.17) is 37.9 Å². The first-order valence-corrected chi connectivity index (χ1v) is 40.4.